The fraction of sp³-hybridized carbons (Fsp3) is 0.250. The van der Waals surface area contributed by atoms with Crippen molar-refractivity contribution in [3.8, 4) is 0 Å². The molecule has 0 radical (unpaired) electrons. The van der Waals surface area contributed by atoms with E-state index in [0.29, 0.717) is 34.6 Å². The average molecular weight is 401 g/mol. The summed E-state index contributed by atoms with van der Waals surface area (Å²) in [6, 6.07) is 9.67. The van der Waals surface area contributed by atoms with Gasteiger partial charge in [-0.25, -0.2) is 0 Å². The first-order valence-corrected chi connectivity index (χ1v) is 8.92. The van der Waals surface area contributed by atoms with Crippen molar-refractivity contribution in [3.63, 3.8) is 0 Å². The number of quaternary nitrogens is 1. The molecule has 140 valence electrons. The molecule has 4 N–H and O–H groups in total. The monoisotopic (exact) mass is 401 g/mol. The summed E-state index contributed by atoms with van der Waals surface area (Å²) in [5.41, 5.74) is 5.58. The average Bonchev–Trinajstić information content (AvgIpc) is 3.02. The number of hydrogen-bond donors (Lipinski definition) is 4. The quantitative estimate of drug-likeness (QED) is 0.337. The molecule has 2 rings (SSSR count). The van der Waals surface area contributed by atoms with Crippen LogP contribution in [0, 0.1) is 0 Å². The Balaban J connectivity index is 1.80. The van der Waals surface area contributed by atoms with Crippen molar-refractivity contribution in [2.75, 3.05) is 19.4 Å². The standard InChI is InChI=1S/C16H18F2N4O2S2/c1-22(2)9-11-5-8-13(24-11)14(23)20-21-16(25)19-10-3-6-12(7-4-10)26-15(17)18/h3-8,15H,9H2,1-2H3,(H,20,23)(H2,19,21,25)/p+1. The highest BCUT2D eigenvalue weighted by Crippen LogP contribution is 2.26. The number of nitrogens with one attached hydrogen (secondary N) is 4. The number of hydrogen-bond acceptors (Lipinski definition) is 4. The number of thiocarbonyl (C=S) groups is 1. The van der Waals surface area contributed by atoms with Crippen molar-refractivity contribution in [2.45, 2.75) is 17.2 Å². The highest BCUT2D eigenvalue weighted by Gasteiger charge is 2.13. The van der Waals surface area contributed by atoms with E-state index in [0.717, 1.165) is 0 Å². The molecule has 0 unspecified atom stereocenters. The van der Waals surface area contributed by atoms with Gasteiger partial charge in [0.05, 0.1) is 14.1 Å². The number of halogens is 2. The van der Waals surface area contributed by atoms with Crippen molar-refractivity contribution < 1.29 is 22.9 Å². The van der Waals surface area contributed by atoms with Gasteiger partial charge in [-0.3, -0.25) is 15.6 Å². The molecule has 1 heterocycles. The number of carbonyl (C=O) groups excluding carboxylic acids is 1. The van der Waals surface area contributed by atoms with Gasteiger partial charge < -0.3 is 14.6 Å². The Morgan fingerprint density at radius 2 is 1.88 bits per heavy atom. The van der Waals surface area contributed by atoms with E-state index in [9.17, 15) is 13.6 Å². The highest BCUT2D eigenvalue weighted by molar-refractivity contribution is 7.99. The minimum absolute atomic E-state index is 0.150. The van der Waals surface area contributed by atoms with Crippen LogP contribution in [0.4, 0.5) is 14.5 Å². The first-order valence-electron chi connectivity index (χ1n) is 7.63. The van der Waals surface area contributed by atoms with Crippen LogP contribution in [0.1, 0.15) is 16.3 Å². The third kappa shape index (κ3) is 6.62. The lowest BCUT2D eigenvalue weighted by Gasteiger charge is -2.11. The molecule has 10 heteroatoms. The zero-order valence-electron chi connectivity index (χ0n) is 14.1. The van der Waals surface area contributed by atoms with E-state index in [4.69, 9.17) is 16.6 Å². The van der Waals surface area contributed by atoms with Crippen LogP contribution in [0.2, 0.25) is 0 Å². The molecule has 0 aliphatic heterocycles. The summed E-state index contributed by atoms with van der Waals surface area (Å²) in [6.45, 7) is 0.667. The zero-order valence-corrected chi connectivity index (χ0v) is 15.8. The van der Waals surface area contributed by atoms with Gasteiger partial charge in [-0.1, -0.05) is 11.8 Å². The summed E-state index contributed by atoms with van der Waals surface area (Å²) in [6.07, 6.45) is 0. The van der Waals surface area contributed by atoms with Gasteiger partial charge in [0.2, 0.25) is 0 Å². The van der Waals surface area contributed by atoms with Crippen LogP contribution < -0.4 is 21.1 Å². The summed E-state index contributed by atoms with van der Waals surface area (Å²) in [5.74, 6) is -2.05. The Labute approximate surface area is 159 Å². The van der Waals surface area contributed by atoms with Gasteiger partial charge in [0.25, 0.3) is 5.76 Å². The number of carbonyl (C=O) groups is 1. The number of alkyl halides is 2. The molecule has 1 amide bonds. The Morgan fingerprint density at radius 1 is 1.19 bits per heavy atom. The van der Waals surface area contributed by atoms with E-state index in [1.165, 1.54) is 4.90 Å². The molecule has 6 nitrogen and oxygen atoms in total. The van der Waals surface area contributed by atoms with Crippen LogP contribution in [0.3, 0.4) is 0 Å². The second kappa shape index (κ2) is 9.51. The van der Waals surface area contributed by atoms with E-state index in [-0.39, 0.29) is 10.9 Å². The molecule has 0 saturated carbocycles. The molecular weight excluding hydrogens is 382 g/mol. The highest BCUT2D eigenvalue weighted by atomic mass is 32.2. The van der Waals surface area contributed by atoms with Crippen LogP contribution in [-0.2, 0) is 6.54 Å². The summed E-state index contributed by atoms with van der Waals surface area (Å²) in [5, 5.41) is 2.99. The largest absolute Gasteiger partial charge is 0.450 e. The lowest BCUT2D eigenvalue weighted by Crippen LogP contribution is -3.04. The number of thioether (sulfide) groups is 1. The van der Waals surface area contributed by atoms with Crippen LogP contribution >= 0.6 is 24.0 Å². The molecule has 0 fully saturated rings. The number of rotatable bonds is 6. The predicted molar refractivity (Wildman–Crippen MR) is 100 cm³/mol. The Hall–Kier alpha value is -2.17. The molecule has 0 saturated heterocycles. The van der Waals surface area contributed by atoms with E-state index in [1.807, 2.05) is 14.1 Å². The molecule has 2 aromatic rings. The van der Waals surface area contributed by atoms with Crippen molar-refractivity contribution in [1.82, 2.24) is 10.9 Å². The Kier molecular flexibility index (Phi) is 7.37. The first-order chi connectivity index (χ1) is 12.3. The molecular formula is C16H19F2N4O2S2+. The van der Waals surface area contributed by atoms with Crippen molar-refractivity contribution >= 4 is 40.7 Å². The van der Waals surface area contributed by atoms with E-state index < -0.39 is 11.7 Å². The van der Waals surface area contributed by atoms with Gasteiger partial charge in [-0.05, 0) is 48.6 Å². The van der Waals surface area contributed by atoms with Crippen LogP contribution in [-0.4, -0.2) is 30.9 Å². The van der Waals surface area contributed by atoms with Gasteiger partial charge in [0.15, 0.2) is 16.6 Å². The second-order valence-electron chi connectivity index (χ2n) is 5.59. The molecule has 0 aliphatic carbocycles. The zero-order chi connectivity index (χ0) is 19.1. The van der Waals surface area contributed by atoms with E-state index >= 15 is 0 Å². The number of benzene rings is 1. The summed E-state index contributed by atoms with van der Waals surface area (Å²) >= 11 is 5.54. The Bertz CT molecular complexity index is 751. The molecule has 1 aromatic heterocycles. The number of anilines is 1. The molecule has 0 spiro atoms. The fourth-order valence-electron chi connectivity index (χ4n) is 2.00. The minimum Gasteiger partial charge on any atom is -0.450 e. The van der Waals surface area contributed by atoms with Gasteiger partial charge in [-0.2, -0.15) is 8.78 Å². The van der Waals surface area contributed by atoms with E-state index in [2.05, 4.69) is 16.2 Å². The smallest absolute Gasteiger partial charge is 0.305 e. The maximum atomic E-state index is 12.3. The lowest BCUT2D eigenvalue weighted by molar-refractivity contribution is -0.873. The Morgan fingerprint density at radius 3 is 2.50 bits per heavy atom. The topological polar surface area (TPSA) is 70.7 Å². The van der Waals surface area contributed by atoms with Crippen LogP contribution in [0.25, 0.3) is 0 Å². The van der Waals surface area contributed by atoms with Crippen LogP contribution in [0.5, 0.6) is 0 Å². The molecule has 1 aromatic carbocycles. The number of amides is 1. The molecule has 0 aliphatic rings. The maximum Gasteiger partial charge on any atom is 0.305 e. The third-order valence-corrected chi connectivity index (χ3v) is 3.97. The summed E-state index contributed by atoms with van der Waals surface area (Å²) < 4.78 is 30.0. The lowest BCUT2D eigenvalue weighted by atomic mass is 10.3. The number of hydrazine groups is 1. The van der Waals surface area contributed by atoms with E-state index in [1.54, 1.807) is 36.4 Å². The van der Waals surface area contributed by atoms with Crippen molar-refractivity contribution in [1.29, 1.82) is 0 Å². The minimum atomic E-state index is -2.46. The van der Waals surface area contributed by atoms with Gasteiger partial charge in [0, 0.05) is 10.6 Å². The second-order valence-corrected chi connectivity index (χ2v) is 7.06. The van der Waals surface area contributed by atoms with Crippen molar-refractivity contribution in [3.05, 3.63) is 47.9 Å². The predicted octanol–water partition coefficient (Wildman–Crippen LogP) is 1.87. The summed E-state index contributed by atoms with van der Waals surface area (Å²) in [4.78, 5) is 13.6. The SMILES string of the molecule is C[NH+](C)Cc1ccc(C(=O)NNC(=S)Nc2ccc(SC(F)F)cc2)o1. The van der Waals surface area contributed by atoms with Crippen LogP contribution in [0.15, 0.2) is 45.7 Å². The summed E-state index contributed by atoms with van der Waals surface area (Å²) in [7, 11) is 3.96. The van der Waals surface area contributed by atoms with Gasteiger partial charge >= 0.3 is 5.91 Å². The first kappa shape index (κ1) is 20.1. The van der Waals surface area contributed by atoms with Crippen molar-refractivity contribution in [2.24, 2.45) is 0 Å². The molecule has 26 heavy (non-hydrogen) atoms. The third-order valence-electron chi connectivity index (χ3n) is 3.04. The normalized spacial score (nSPS) is 10.8. The van der Waals surface area contributed by atoms with Gasteiger partial charge in [-0.15, -0.1) is 0 Å². The fourth-order valence-corrected chi connectivity index (χ4v) is 2.67. The maximum absolute atomic E-state index is 12.3. The number of furan rings is 1. The molecule has 0 atom stereocenters. The van der Waals surface area contributed by atoms with Gasteiger partial charge in [0.1, 0.15) is 6.54 Å². The molecule has 0 bridgehead atoms.